The van der Waals surface area contributed by atoms with E-state index in [1.54, 1.807) is 4.90 Å². The lowest BCUT2D eigenvalue weighted by molar-refractivity contribution is -0.131. The molecular weight excluding hydrogens is 430 g/mol. The Morgan fingerprint density at radius 1 is 1.00 bits per heavy atom. The lowest BCUT2D eigenvalue weighted by Crippen LogP contribution is -2.49. The summed E-state index contributed by atoms with van der Waals surface area (Å²) >= 11 is 0. The summed E-state index contributed by atoms with van der Waals surface area (Å²) in [5, 5.41) is 0. The molecule has 1 aliphatic heterocycles. The number of ether oxygens (including phenoxy) is 2. The molecule has 174 valence electrons. The Bertz CT molecular complexity index is 1060. The highest BCUT2D eigenvalue weighted by Crippen LogP contribution is 2.29. The van der Waals surface area contributed by atoms with Gasteiger partial charge in [-0.05, 0) is 43.2 Å². The zero-order chi connectivity index (χ0) is 23.3. The first-order chi connectivity index (χ1) is 15.3. The summed E-state index contributed by atoms with van der Waals surface area (Å²) in [5.74, 6) is 0.718. The molecule has 1 aliphatic rings. The summed E-state index contributed by atoms with van der Waals surface area (Å²) in [4.78, 5) is 16.8. The number of methoxy groups -OCH3 is 2. The molecule has 3 rings (SSSR count). The average molecular weight is 462 g/mol. The predicted molar refractivity (Wildman–Crippen MR) is 124 cm³/mol. The molecule has 0 radical (unpaired) electrons. The Hall–Kier alpha value is -2.78. The van der Waals surface area contributed by atoms with Gasteiger partial charge in [0.2, 0.25) is 15.9 Å². The van der Waals surface area contributed by atoms with Gasteiger partial charge in [-0.1, -0.05) is 12.1 Å². The van der Waals surface area contributed by atoms with E-state index in [4.69, 9.17) is 9.47 Å². The third-order valence-corrected chi connectivity index (χ3v) is 7.30. The number of hydrogen-bond donors (Lipinski definition) is 1. The fraction of sp³-hybridized carbons (Fsp3) is 0.435. The van der Waals surface area contributed by atoms with Gasteiger partial charge in [-0.2, -0.15) is 0 Å². The standard InChI is InChI=1S/C23H31N3O5S/c1-17-6-5-7-20(18(17)2)25-12-14-26(15-13-25)23(27)10-11-24-32(28,29)19-8-9-21(30-3)22(16-19)31-4/h5-9,16,24H,10-15H2,1-4H3. The van der Waals surface area contributed by atoms with Crippen LogP contribution in [0.5, 0.6) is 11.5 Å². The van der Waals surface area contributed by atoms with Crippen molar-refractivity contribution in [2.75, 3.05) is 51.8 Å². The number of aryl methyl sites for hydroxylation is 1. The molecule has 0 saturated carbocycles. The van der Waals surface area contributed by atoms with Crippen LogP contribution in [0.4, 0.5) is 5.69 Å². The van der Waals surface area contributed by atoms with Crippen LogP contribution >= 0.6 is 0 Å². The van der Waals surface area contributed by atoms with Crippen LogP contribution in [0, 0.1) is 13.8 Å². The second kappa shape index (κ2) is 10.2. The highest BCUT2D eigenvalue weighted by atomic mass is 32.2. The summed E-state index contributed by atoms with van der Waals surface area (Å²) in [6.45, 7) is 7.01. The van der Waals surface area contributed by atoms with E-state index in [9.17, 15) is 13.2 Å². The molecule has 0 unspecified atom stereocenters. The van der Waals surface area contributed by atoms with E-state index in [0.717, 1.165) is 13.1 Å². The second-order valence-electron chi connectivity index (χ2n) is 7.75. The number of sulfonamides is 1. The minimum absolute atomic E-state index is 0.0344. The van der Waals surface area contributed by atoms with Gasteiger partial charge in [-0.3, -0.25) is 4.79 Å². The van der Waals surface area contributed by atoms with Crippen LogP contribution in [-0.4, -0.2) is 66.2 Å². The number of carbonyl (C=O) groups excluding carboxylic acids is 1. The summed E-state index contributed by atoms with van der Waals surface area (Å²) in [6, 6.07) is 10.6. The van der Waals surface area contributed by atoms with Crippen LogP contribution in [0.15, 0.2) is 41.3 Å². The van der Waals surface area contributed by atoms with Crippen molar-refractivity contribution in [3.63, 3.8) is 0 Å². The quantitative estimate of drug-likeness (QED) is 0.649. The topological polar surface area (TPSA) is 88.2 Å². The number of nitrogens with one attached hydrogen (secondary N) is 1. The molecule has 8 nitrogen and oxygen atoms in total. The number of piperazine rings is 1. The van der Waals surface area contributed by atoms with Crippen LogP contribution < -0.4 is 19.1 Å². The van der Waals surface area contributed by atoms with Gasteiger partial charge in [0.1, 0.15) is 0 Å². The normalized spacial score (nSPS) is 14.4. The van der Waals surface area contributed by atoms with Gasteiger partial charge >= 0.3 is 0 Å². The number of anilines is 1. The third kappa shape index (κ3) is 5.34. The van der Waals surface area contributed by atoms with E-state index in [1.807, 2.05) is 0 Å². The molecule has 1 N–H and O–H groups in total. The van der Waals surface area contributed by atoms with Gasteiger partial charge in [-0.15, -0.1) is 0 Å². The van der Waals surface area contributed by atoms with Crippen LogP contribution in [0.3, 0.4) is 0 Å². The summed E-state index contributed by atoms with van der Waals surface area (Å²) in [6.07, 6.45) is 0.107. The SMILES string of the molecule is COc1ccc(S(=O)(=O)NCCC(=O)N2CCN(c3cccc(C)c3C)CC2)cc1OC. The average Bonchev–Trinajstić information content (AvgIpc) is 2.80. The van der Waals surface area contributed by atoms with E-state index in [0.29, 0.717) is 24.6 Å². The molecule has 0 aromatic heterocycles. The maximum absolute atomic E-state index is 12.6. The van der Waals surface area contributed by atoms with Gasteiger partial charge in [0.05, 0.1) is 19.1 Å². The molecule has 1 heterocycles. The van der Waals surface area contributed by atoms with E-state index in [-0.39, 0.29) is 23.8 Å². The number of carbonyl (C=O) groups is 1. The maximum Gasteiger partial charge on any atom is 0.240 e. The van der Waals surface area contributed by atoms with Crippen LogP contribution in [-0.2, 0) is 14.8 Å². The lowest BCUT2D eigenvalue weighted by atomic mass is 10.1. The van der Waals surface area contributed by atoms with Gasteiger partial charge in [0.25, 0.3) is 0 Å². The molecule has 0 spiro atoms. The van der Waals surface area contributed by atoms with Crippen molar-refractivity contribution in [1.29, 1.82) is 0 Å². The summed E-state index contributed by atoms with van der Waals surface area (Å²) < 4.78 is 38.0. The van der Waals surface area contributed by atoms with E-state index >= 15 is 0 Å². The predicted octanol–water partition coefficient (Wildman–Crippen LogP) is 2.34. The van der Waals surface area contributed by atoms with E-state index in [2.05, 4.69) is 41.7 Å². The van der Waals surface area contributed by atoms with Gasteiger partial charge in [-0.25, -0.2) is 13.1 Å². The van der Waals surface area contributed by atoms with Crippen molar-refractivity contribution < 1.29 is 22.7 Å². The first-order valence-electron chi connectivity index (χ1n) is 10.6. The molecule has 0 aliphatic carbocycles. The van der Waals surface area contributed by atoms with Gasteiger partial charge in [0, 0.05) is 50.9 Å². The summed E-state index contributed by atoms with van der Waals surface area (Å²) in [5.41, 5.74) is 3.72. The fourth-order valence-electron chi connectivity index (χ4n) is 3.79. The van der Waals surface area contributed by atoms with Crippen molar-refractivity contribution in [3.8, 4) is 11.5 Å². The zero-order valence-electron chi connectivity index (χ0n) is 19.1. The van der Waals surface area contributed by atoms with Gasteiger partial charge < -0.3 is 19.3 Å². The number of rotatable bonds is 8. The highest BCUT2D eigenvalue weighted by Gasteiger charge is 2.23. The first-order valence-corrected chi connectivity index (χ1v) is 12.1. The Labute approximate surface area is 190 Å². The van der Waals surface area contributed by atoms with Crippen molar-refractivity contribution in [1.82, 2.24) is 9.62 Å². The van der Waals surface area contributed by atoms with E-state index in [1.165, 1.54) is 49.2 Å². The van der Waals surface area contributed by atoms with Crippen molar-refractivity contribution >= 4 is 21.6 Å². The first kappa shape index (κ1) is 23.9. The number of hydrogen-bond acceptors (Lipinski definition) is 6. The molecule has 1 saturated heterocycles. The molecule has 1 amide bonds. The highest BCUT2D eigenvalue weighted by molar-refractivity contribution is 7.89. The molecule has 32 heavy (non-hydrogen) atoms. The van der Waals surface area contributed by atoms with E-state index < -0.39 is 10.0 Å². The third-order valence-electron chi connectivity index (χ3n) is 5.85. The van der Waals surface area contributed by atoms with Gasteiger partial charge in [0.15, 0.2) is 11.5 Å². The van der Waals surface area contributed by atoms with Crippen molar-refractivity contribution in [2.24, 2.45) is 0 Å². The largest absolute Gasteiger partial charge is 0.493 e. The minimum Gasteiger partial charge on any atom is -0.493 e. The molecular formula is C23H31N3O5S. The van der Waals surface area contributed by atoms with Crippen LogP contribution in [0.2, 0.25) is 0 Å². The number of benzene rings is 2. The van der Waals surface area contributed by atoms with Crippen LogP contribution in [0.1, 0.15) is 17.5 Å². The second-order valence-corrected chi connectivity index (χ2v) is 9.52. The zero-order valence-corrected chi connectivity index (χ0v) is 19.9. The Morgan fingerprint density at radius 3 is 2.34 bits per heavy atom. The molecule has 2 aromatic carbocycles. The monoisotopic (exact) mass is 461 g/mol. The molecule has 1 fully saturated rings. The Balaban J connectivity index is 1.51. The molecule has 0 atom stereocenters. The van der Waals surface area contributed by atoms with Crippen molar-refractivity contribution in [3.05, 3.63) is 47.5 Å². The molecule has 9 heteroatoms. The summed E-state index contributed by atoms with van der Waals surface area (Å²) in [7, 11) is -0.834. The van der Waals surface area contributed by atoms with Crippen LogP contribution in [0.25, 0.3) is 0 Å². The Kier molecular flexibility index (Phi) is 7.63. The Morgan fingerprint density at radius 2 is 1.69 bits per heavy atom. The molecule has 0 bridgehead atoms. The maximum atomic E-state index is 12.6. The smallest absolute Gasteiger partial charge is 0.240 e. The molecule has 2 aromatic rings. The lowest BCUT2D eigenvalue weighted by Gasteiger charge is -2.37. The number of nitrogens with zero attached hydrogens (tertiary/aromatic N) is 2. The fourth-order valence-corrected chi connectivity index (χ4v) is 4.84. The number of amides is 1. The minimum atomic E-state index is -3.76. The van der Waals surface area contributed by atoms with Crippen molar-refractivity contribution in [2.45, 2.75) is 25.2 Å².